The van der Waals surface area contributed by atoms with E-state index in [2.05, 4.69) is 25.3 Å². The van der Waals surface area contributed by atoms with Crippen molar-refractivity contribution in [2.45, 2.75) is 25.6 Å². The van der Waals surface area contributed by atoms with E-state index >= 15 is 0 Å². The molecule has 4 rings (SSSR count). The molecule has 3 N–H and O–H groups in total. The fraction of sp³-hybridized carbons (Fsp3) is 0.238. The number of nitrogens with zero attached hydrogens (tertiary/aromatic N) is 3. The van der Waals surface area contributed by atoms with Gasteiger partial charge in [-0.25, -0.2) is 15.0 Å². The van der Waals surface area contributed by atoms with E-state index in [1.165, 1.54) is 20.0 Å². The highest BCUT2D eigenvalue weighted by Crippen LogP contribution is 2.31. The molecule has 0 spiro atoms. The molecule has 0 fully saturated rings. The molecule has 172 valence electrons. The van der Waals surface area contributed by atoms with Crippen molar-refractivity contribution in [3.8, 4) is 11.4 Å². The SMILES string of the molecule is CC(C)(Nc1nc(-c2c[nH]c3ncc(Cl)cc23)nc2ccccc12)C(=O)NCC(F)(F)F.[HH].[HH].[HH]. The number of carbonyl (C=O) groups excluding carboxylic acids is 1. The predicted octanol–water partition coefficient (Wildman–Crippen LogP) is 5.43. The van der Waals surface area contributed by atoms with E-state index in [1.807, 2.05) is 5.32 Å². The van der Waals surface area contributed by atoms with Crippen molar-refractivity contribution in [3.05, 3.63) is 47.7 Å². The zero-order chi connectivity index (χ0) is 23.1. The van der Waals surface area contributed by atoms with Gasteiger partial charge in [0.2, 0.25) is 5.91 Å². The summed E-state index contributed by atoms with van der Waals surface area (Å²) in [6, 6.07) is 8.86. The Morgan fingerprint density at radius 2 is 1.94 bits per heavy atom. The molecule has 0 aliphatic heterocycles. The molecule has 0 atom stereocenters. The third-order valence-electron chi connectivity index (χ3n) is 4.79. The molecule has 32 heavy (non-hydrogen) atoms. The number of pyridine rings is 1. The molecule has 7 nitrogen and oxygen atoms in total. The van der Waals surface area contributed by atoms with Gasteiger partial charge in [-0.05, 0) is 32.0 Å². The van der Waals surface area contributed by atoms with Crippen LogP contribution < -0.4 is 10.6 Å². The van der Waals surface area contributed by atoms with Crippen LogP contribution in [0, 0.1) is 0 Å². The average molecular weight is 469 g/mol. The summed E-state index contributed by atoms with van der Waals surface area (Å²) in [5, 5.41) is 6.65. The van der Waals surface area contributed by atoms with Gasteiger partial charge in [0, 0.05) is 33.0 Å². The van der Waals surface area contributed by atoms with Gasteiger partial charge in [0.15, 0.2) is 5.82 Å². The van der Waals surface area contributed by atoms with Crippen LogP contribution in [0.1, 0.15) is 18.1 Å². The zero-order valence-electron chi connectivity index (χ0n) is 17.0. The molecule has 4 aromatic rings. The topological polar surface area (TPSA) is 95.6 Å². The number of carbonyl (C=O) groups is 1. The van der Waals surface area contributed by atoms with Crippen molar-refractivity contribution in [1.82, 2.24) is 25.3 Å². The number of hydrogen-bond acceptors (Lipinski definition) is 5. The number of alkyl halides is 3. The number of aromatic nitrogens is 4. The summed E-state index contributed by atoms with van der Waals surface area (Å²) in [6.07, 6.45) is -1.30. The maximum atomic E-state index is 12.5. The van der Waals surface area contributed by atoms with Crippen molar-refractivity contribution in [3.63, 3.8) is 0 Å². The minimum Gasteiger partial charge on any atom is -0.356 e. The first kappa shape index (κ1) is 21.8. The molecule has 0 saturated carbocycles. The highest BCUT2D eigenvalue weighted by molar-refractivity contribution is 6.31. The van der Waals surface area contributed by atoms with Gasteiger partial charge in [-0.1, -0.05) is 23.7 Å². The second-order valence-corrected chi connectivity index (χ2v) is 8.15. The molecule has 3 aromatic heterocycles. The number of hydrogen-bond donors (Lipinski definition) is 3. The Morgan fingerprint density at radius 3 is 2.69 bits per heavy atom. The molecule has 0 aliphatic carbocycles. The number of amides is 1. The minimum absolute atomic E-state index is 0. The van der Waals surface area contributed by atoms with Gasteiger partial charge in [-0.15, -0.1) is 0 Å². The Kier molecular flexibility index (Phi) is 5.41. The maximum absolute atomic E-state index is 12.5. The molecule has 0 aliphatic rings. The average Bonchev–Trinajstić information content (AvgIpc) is 3.14. The number of anilines is 1. The van der Waals surface area contributed by atoms with Gasteiger partial charge >= 0.3 is 6.18 Å². The molecule has 11 heteroatoms. The predicted molar refractivity (Wildman–Crippen MR) is 123 cm³/mol. The minimum atomic E-state index is -4.51. The van der Waals surface area contributed by atoms with Gasteiger partial charge in [0.05, 0.1) is 10.5 Å². The molecular weight excluding hydrogens is 445 g/mol. The van der Waals surface area contributed by atoms with E-state index in [0.717, 1.165) is 0 Å². The molecule has 1 aromatic carbocycles. The number of H-pyrrole nitrogens is 1. The highest BCUT2D eigenvalue weighted by atomic mass is 35.5. The van der Waals surface area contributed by atoms with Gasteiger partial charge in [-0.3, -0.25) is 4.79 Å². The molecule has 0 radical (unpaired) electrons. The van der Waals surface area contributed by atoms with Crippen molar-refractivity contribution in [2.75, 3.05) is 11.9 Å². The van der Waals surface area contributed by atoms with E-state index in [-0.39, 0.29) is 4.28 Å². The fourth-order valence-electron chi connectivity index (χ4n) is 3.21. The van der Waals surface area contributed by atoms with Crippen LogP contribution in [0.2, 0.25) is 5.02 Å². The van der Waals surface area contributed by atoms with E-state index in [9.17, 15) is 18.0 Å². The Morgan fingerprint density at radius 1 is 1.19 bits per heavy atom. The second-order valence-electron chi connectivity index (χ2n) is 7.71. The molecule has 0 unspecified atom stereocenters. The van der Waals surface area contributed by atoms with Crippen LogP contribution in [0.15, 0.2) is 42.7 Å². The molecular formula is C21H24ClF3N6O. The van der Waals surface area contributed by atoms with Crippen LogP contribution in [-0.4, -0.2) is 44.1 Å². The third kappa shape index (κ3) is 4.45. The Balaban J connectivity index is 0.00000204. The lowest BCUT2D eigenvalue weighted by Crippen LogP contribution is -2.50. The van der Waals surface area contributed by atoms with E-state index in [4.69, 9.17) is 11.6 Å². The standard InChI is InChI=1S/C21H18ClF3N6O.3H2/c1-20(2,19(32)28-10-21(23,24)25)31-18-12-5-3-4-6-15(12)29-17(30-18)14-9-27-16-13(14)7-11(22)8-26-16;;;/h3-9H,10H2,1-2H3,(H,26,27)(H,28,32)(H,29,30,31);3*1H. The summed E-state index contributed by atoms with van der Waals surface area (Å²) in [6.45, 7) is 1.53. The van der Waals surface area contributed by atoms with Crippen LogP contribution in [0.4, 0.5) is 19.0 Å². The van der Waals surface area contributed by atoms with Gasteiger partial charge in [0.25, 0.3) is 0 Å². The number of halogens is 4. The number of nitrogens with one attached hydrogen (secondary N) is 3. The Bertz CT molecular complexity index is 1330. The van der Waals surface area contributed by atoms with Crippen molar-refractivity contribution in [2.24, 2.45) is 0 Å². The summed E-state index contributed by atoms with van der Waals surface area (Å²) in [5.74, 6) is -0.169. The molecule has 3 heterocycles. The lowest BCUT2D eigenvalue weighted by atomic mass is 10.0. The van der Waals surface area contributed by atoms with Crippen LogP contribution >= 0.6 is 11.6 Å². The first-order chi connectivity index (χ1) is 15.0. The number of benzene rings is 1. The van der Waals surface area contributed by atoms with Crippen LogP contribution in [-0.2, 0) is 4.79 Å². The third-order valence-corrected chi connectivity index (χ3v) is 5.00. The van der Waals surface area contributed by atoms with Gasteiger partial charge in [0.1, 0.15) is 23.5 Å². The Hall–Kier alpha value is -3.40. The summed E-state index contributed by atoms with van der Waals surface area (Å²) in [5.41, 5.74) is 0.451. The Labute approximate surface area is 189 Å². The van der Waals surface area contributed by atoms with E-state index in [1.54, 1.807) is 36.5 Å². The summed E-state index contributed by atoms with van der Waals surface area (Å²) >= 11 is 6.09. The van der Waals surface area contributed by atoms with Gasteiger partial charge < -0.3 is 15.6 Å². The fourth-order valence-corrected chi connectivity index (χ4v) is 3.37. The normalized spacial score (nSPS) is 12.3. The zero-order valence-corrected chi connectivity index (χ0v) is 17.8. The molecule has 0 bridgehead atoms. The largest absolute Gasteiger partial charge is 0.405 e. The lowest BCUT2D eigenvalue weighted by Gasteiger charge is -2.26. The number of para-hydroxylation sites is 1. The van der Waals surface area contributed by atoms with Crippen LogP contribution in [0.5, 0.6) is 0 Å². The van der Waals surface area contributed by atoms with Crippen LogP contribution in [0.25, 0.3) is 33.3 Å². The number of aromatic amines is 1. The van der Waals surface area contributed by atoms with Crippen molar-refractivity contribution < 1.29 is 22.2 Å². The molecule has 1 amide bonds. The van der Waals surface area contributed by atoms with Gasteiger partial charge in [-0.2, -0.15) is 13.2 Å². The quantitative estimate of drug-likeness (QED) is 0.363. The van der Waals surface area contributed by atoms with Crippen molar-refractivity contribution >= 4 is 45.3 Å². The lowest BCUT2D eigenvalue weighted by molar-refractivity contribution is -0.140. The summed E-state index contributed by atoms with van der Waals surface area (Å²) in [7, 11) is 0. The van der Waals surface area contributed by atoms with Crippen molar-refractivity contribution in [1.29, 1.82) is 0 Å². The first-order valence-corrected chi connectivity index (χ1v) is 9.94. The number of fused-ring (bicyclic) bond motifs is 2. The summed E-state index contributed by atoms with van der Waals surface area (Å²) < 4.78 is 37.6. The smallest absolute Gasteiger partial charge is 0.356 e. The van der Waals surface area contributed by atoms with Crippen LogP contribution in [0.3, 0.4) is 0 Å². The second kappa shape index (κ2) is 7.94. The van der Waals surface area contributed by atoms with E-state index in [0.29, 0.717) is 44.2 Å². The highest BCUT2D eigenvalue weighted by Gasteiger charge is 2.33. The first-order valence-electron chi connectivity index (χ1n) is 9.56. The monoisotopic (exact) mass is 468 g/mol. The number of rotatable bonds is 5. The maximum Gasteiger partial charge on any atom is 0.405 e. The summed E-state index contributed by atoms with van der Waals surface area (Å²) in [4.78, 5) is 28.9. The van der Waals surface area contributed by atoms with E-state index < -0.39 is 24.2 Å². The molecule has 0 saturated heterocycles.